The summed E-state index contributed by atoms with van der Waals surface area (Å²) in [5.74, 6) is -5.79. The number of alkyl halides is 2. The quantitative estimate of drug-likeness (QED) is 0.593. The molecule has 25 heavy (non-hydrogen) atoms. The summed E-state index contributed by atoms with van der Waals surface area (Å²) in [6.07, 6.45) is 0. The molecule has 0 amide bonds. The topological polar surface area (TPSA) is 43.4 Å². The molecule has 0 radical (unpaired) electrons. The van der Waals surface area contributed by atoms with Crippen LogP contribution in [-0.4, -0.2) is 18.9 Å². The normalized spacial score (nSPS) is 11.9. The minimum absolute atomic E-state index is 0.0319. The maximum absolute atomic E-state index is 14.6. The molecule has 0 unspecified atom stereocenters. The van der Waals surface area contributed by atoms with Crippen LogP contribution in [0.3, 0.4) is 0 Å². The zero-order valence-corrected chi connectivity index (χ0v) is 14.6. The van der Waals surface area contributed by atoms with Gasteiger partial charge in [-0.3, -0.25) is 4.79 Å². The van der Waals surface area contributed by atoms with E-state index in [-0.39, 0.29) is 16.5 Å². The average Bonchev–Trinajstić information content (AvgIpc) is 2.59. The minimum atomic E-state index is -3.74. The van der Waals surface area contributed by atoms with Crippen LogP contribution in [0.2, 0.25) is 0 Å². The Kier molecular flexibility index (Phi) is 5.07. The van der Waals surface area contributed by atoms with E-state index in [9.17, 15) is 18.4 Å². The number of Topliss-reactive ketones (excluding diaryl/α,β-unsaturated/α-hetero) is 1. The minimum Gasteiger partial charge on any atom is -0.465 e. The van der Waals surface area contributed by atoms with Crippen LogP contribution in [0.25, 0.3) is 0 Å². The van der Waals surface area contributed by atoms with Crippen molar-refractivity contribution < 1.29 is 23.1 Å². The van der Waals surface area contributed by atoms with E-state index in [1.807, 2.05) is 20.8 Å². The summed E-state index contributed by atoms with van der Waals surface area (Å²) in [6, 6.07) is 10.9. The van der Waals surface area contributed by atoms with E-state index in [1.54, 1.807) is 12.1 Å². The first kappa shape index (κ1) is 18.8. The van der Waals surface area contributed by atoms with Gasteiger partial charge in [-0.05, 0) is 23.1 Å². The number of methoxy groups -OCH3 is 1. The highest BCUT2D eigenvalue weighted by molar-refractivity contribution is 6.02. The molecule has 2 aromatic carbocycles. The van der Waals surface area contributed by atoms with E-state index in [4.69, 9.17) is 0 Å². The van der Waals surface area contributed by atoms with Crippen LogP contribution >= 0.6 is 0 Å². The highest BCUT2D eigenvalue weighted by Gasteiger charge is 2.41. The van der Waals surface area contributed by atoms with E-state index in [2.05, 4.69) is 4.74 Å². The molecule has 0 saturated carbocycles. The molecule has 0 atom stereocenters. The van der Waals surface area contributed by atoms with Crippen molar-refractivity contribution in [3.05, 3.63) is 70.8 Å². The number of halogens is 2. The molecule has 0 N–H and O–H groups in total. The summed E-state index contributed by atoms with van der Waals surface area (Å²) in [6.45, 7) is 5.99. The van der Waals surface area contributed by atoms with Crippen molar-refractivity contribution in [3.8, 4) is 0 Å². The van der Waals surface area contributed by atoms with Crippen LogP contribution in [0.4, 0.5) is 8.78 Å². The van der Waals surface area contributed by atoms with Crippen molar-refractivity contribution in [2.45, 2.75) is 32.1 Å². The van der Waals surface area contributed by atoms with E-state index in [0.29, 0.717) is 0 Å². The van der Waals surface area contributed by atoms with Gasteiger partial charge in [-0.15, -0.1) is 0 Å². The molecule has 132 valence electrons. The van der Waals surface area contributed by atoms with Gasteiger partial charge in [0.2, 0.25) is 5.78 Å². The number of hydrogen-bond donors (Lipinski definition) is 0. The van der Waals surface area contributed by atoms with Gasteiger partial charge in [-0.1, -0.05) is 57.2 Å². The van der Waals surface area contributed by atoms with Crippen molar-refractivity contribution in [3.63, 3.8) is 0 Å². The Morgan fingerprint density at radius 1 is 0.880 bits per heavy atom. The zero-order chi connectivity index (χ0) is 18.8. The first-order chi connectivity index (χ1) is 11.6. The number of carbonyl (C=O) groups excluding carboxylic acids is 2. The van der Waals surface area contributed by atoms with Crippen LogP contribution in [0, 0.1) is 0 Å². The summed E-state index contributed by atoms with van der Waals surface area (Å²) in [5, 5.41) is 0. The molecule has 0 bridgehead atoms. The Balaban J connectivity index is 2.36. The fourth-order valence-electron chi connectivity index (χ4n) is 2.39. The third-order valence-electron chi connectivity index (χ3n) is 3.94. The predicted octanol–water partition coefficient (Wildman–Crippen LogP) is 4.75. The second-order valence-electron chi connectivity index (χ2n) is 6.80. The SMILES string of the molecule is COC(=O)c1cccc(C(F)(F)C(=O)c2ccc(C(C)(C)C)cc2)c1. The maximum Gasteiger partial charge on any atom is 0.337 e. The van der Waals surface area contributed by atoms with Crippen molar-refractivity contribution >= 4 is 11.8 Å². The Morgan fingerprint density at radius 3 is 2.00 bits per heavy atom. The average molecular weight is 346 g/mol. The highest BCUT2D eigenvalue weighted by Crippen LogP contribution is 2.33. The van der Waals surface area contributed by atoms with Gasteiger partial charge >= 0.3 is 11.9 Å². The van der Waals surface area contributed by atoms with Crippen LogP contribution in [0.15, 0.2) is 48.5 Å². The molecule has 2 aromatic rings. The summed E-state index contributed by atoms with van der Waals surface area (Å²) >= 11 is 0. The van der Waals surface area contributed by atoms with Crippen LogP contribution in [0.1, 0.15) is 52.6 Å². The molecule has 5 heteroatoms. The Morgan fingerprint density at radius 2 is 1.48 bits per heavy atom. The zero-order valence-electron chi connectivity index (χ0n) is 14.6. The monoisotopic (exact) mass is 346 g/mol. The van der Waals surface area contributed by atoms with Gasteiger partial charge in [0.15, 0.2) is 0 Å². The molecule has 0 heterocycles. The first-order valence-electron chi connectivity index (χ1n) is 7.79. The lowest BCUT2D eigenvalue weighted by Crippen LogP contribution is -2.26. The fourth-order valence-corrected chi connectivity index (χ4v) is 2.39. The number of rotatable bonds is 4. The van der Waals surface area contributed by atoms with E-state index >= 15 is 0 Å². The summed E-state index contributed by atoms with van der Waals surface area (Å²) in [7, 11) is 1.16. The largest absolute Gasteiger partial charge is 0.465 e. The molecule has 2 rings (SSSR count). The maximum atomic E-state index is 14.6. The lowest BCUT2D eigenvalue weighted by Gasteiger charge is -2.20. The van der Waals surface area contributed by atoms with Crippen molar-refractivity contribution in [2.75, 3.05) is 7.11 Å². The van der Waals surface area contributed by atoms with Gasteiger partial charge in [-0.2, -0.15) is 8.78 Å². The summed E-state index contributed by atoms with van der Waals surface area (Å²) in [4.78, 5) is 23.8. The predicted molar refractivity (Wildman–Crippen MR) is 91.1 cm³/mol. The summed E-state index contributed by atoms with van der Waals surface area (Å²) in [5.41, 5.74) is 0.149. The molecular weight excluding hydrogens is 326 g/mol. The van der Waals surface area contributed by atoms with Gasteiger partial charge in [0, 0.05) is 11.1 Å². The third kappa shape index (κ3) is 3.92. The fraction of sp³-hybridized carbons (Fsp3) is 0.300. The standard InChI is InChI=1S/C20H20F2O3/c1-19(2,3)15-10-8-13(9-11-15)17(23)20(21,22)16-7-5-6-14(12-16)18(24)25-4/h5-12H,1-4H3. The molecule has 0 spiro atoms. The second-order valence-corrected chi connectivity index (χ2v) is 6.80. The van der Waals surface area contributed by atoms with Crippen LogP contribution < -0.4 is 0 Å². The van der Waals surface area contributed by atoms with Gasteiger partial charge in [-0.25, -0.2) is 4.79 Å². The molecule has 0 fully saturated rings. The Labute approximate surface area is 145 Å². The van der Waals surface area contributed by atoms with Crippen LogP contribution in [0.5, 0.6) is 0 Å². The Bertz CT molecular complexity index is 787. The number of ether oxygens (including phenoxy) is 1. The molecule has 0 saturated heterocycles. The molecule has 3 nitrogen and oxygen atoms in total. The van der Waals surface area contributed by atoms with E-state index in [0.717, 1.165) is 24.8 Å². The van der Waals surface area contributed by atoms with Gasteiger partial charge in [0.1, 0.15) is 0 Å². The van der Waals surface area contributed by atoms with Gasteiger partial charge < -0.3 is 4.74 Å². The number of carbonyl (C=O) groups is 2. The molecule has 0 aliphatic carbocycles. The van der Waals surface area contributed by atoms with Crippen molar-refractivity contribution in [1.29, 1.82) is 0 Å². The van der Waals surface area contributed by atoms with Crippen molar-refractivity contribution in [2.24, 2.45) is 0 Å². The van der Waals surface area contributed by atoms with Gasteiger partial charge in [0.05, 0.1) is 12.7 Å². The number of ketones is 1. The third-order valence-corrected chi connectivity index (χ3v) is 3.94. The second kappa shape index (κ2) is 6.75. The van der Waals surface area contributed by atoms with E-state index < -0.39 is 23.2 Å². The smallest absolute Gasteiger partial charge is 0.337 e. The summed E-state index contributed by atoms with van der Waals surface area (Å²) < 4.78 is 33.8. The molecule has 0 aliphatic heterocycles. The molecular formula is C20H20F2O3. The lowest BCUT2D eigenvalue weighted by molar-refractivity contribution is 0.00734. The molecule has 0 aliphatic rings. The van der Waals surface area contributed by atoms with Crippen molar-refractivity contribution in [1.82, 2.24) is 0 Å². The first-order valence-corrected chi connectivity index (χ1v) is 7.79. The number of benzene rings is 2. The number of esters is 1. The highest BCUT2D eigenvalue weighted by atomic mass is 19.3. The number of hydrogen-bond acceptors (Lipinski definition) is 3. The lowest BCUT2D eigenvalue weighted by atomic mass is 9.86. The van der Waals surface area contributed by atoms with Crippen LogP contribution in [-0.2, 0) is 16.1 Å². The molecule has 0 aromatic heterocycles. The Hall–Kier alpha value is -2.56. The van der Waals surface area contributed by atoms with E-state index in [1.165, 1.54) is 24.3 Å². The van der Waals surface area contributed by atoms with Gasteiger partial charge in [0.25, 0.3) is 0 Å².